The van der Waals surface area contributed by atoms with Gasteiger partial charge in [-0.15, -0.1) is 0 Å². The summed E-state index contributed by atoms with van der Waals surface area (Å²) in [4.78, 5) is 20.1. The van der Waals surface area contributed by atoms with E-state index >= 15 is 0 Å². The van der Waals surface area contributed by atoms with E-state index in [1.807, 2.05) is 22.0 Å². The molecule has 0 aliphatic carbocycles. The lowest BCUT2D eigenvalue weighted by atomic mass is 9.77. The molecule has 2 aliphatic rings. The third-order valence-corrected chi connectivity index (χ3v) is 6.47. The second-order valence-electron chi connectivity index (χ2n) is 8.82. The molecule has 6 nitrogen and oxygen atoms in total. The number of aryl methyl sites for hydroxylation is 1. The van der Waals surface area contributed by atoms with Crippen LogP contribution in [0.15, 0.2) is 42.7 Å². The molecule has 1 atom stereocenters. The standard InChI is InChI=1S/C23H33N5O/c1-4-27(14-20-12-24-28(5-2)15-20)22(29)21-11-23(16-25(21)3)17-26(18-23)13-19-9-7-6-8-10-19/h6-10,12,15,21H,4-5,11,13-14,16-18H2,1-3H3. The van der Waals surface area contributed by atoms with E-state index in [0.29, 0.717) is 6.54 Å². The minimum Gasteiger partial charge on any atom is -0.337 e. The fourth-order valence-corrected chi connectivity index (χ4v) is 5.07. The average molecular weight is 396 g/mol. The zero-order valence-electron chi connectivity index (χ0n) is 17.9. The van der Waals surface area contributed by atoms with E-state index in [1.54, 1.807) is 0 Å². The first-order valence-electron chi connectivity index (χ1n) is 10.8. The van der Waals surface area contributed by atoms with Crippen LogP contribution in [0.2, 0.25) is 0 Å². The maximum atomic E-state index is 13.3. The zero-order chi connectivity index (χ0) is 20.4. The van der Waals surface area contributed by atoms with Gasteiger partial charge in [-0.05, 0) is 32.9 Å². The number of likely N-dealkylation sites (N-methyl/N-ethyl adjacent to an activating group) is 2. The van der Waals surface area contributed by atoms with Crippen LogP contribution in [-0.4, -0.2) is 69.7 Å². The van der Waals surface area contributed by atoms with Crippen LogP contribution in [0.5, 0.6) is 0 Å². The molecular formula is C23H33N5O. The molecule has 1 amide bonds. The minimum atomic E-state index is -0.00459. The Hall–Kier alpha value is -2.18. The summed E-state index contributed by atoms with van der Waals surface area (Å²) in [6.45, 7) is 10.6. The van der Waals surface area contributed by atoms with Crippen LogP contribution in [0.25, 0.3) is 0 Å². The van der Waals surface area contributed by atoms with Crippen LogP contribution in [0.3, 0.4) is 0 Å². The van der Waals surface area contributed by atoms with Gasteiger partial charge in [0.25, 0.3) is 0 Å². The summed E-state index contributed by atoms with van der Waals surface area (Å²) in [5.74, 6) is 0.262. The minimum absolute atomic E-state index is 0.00459. The molecule has 1 unspecified atom stereocenters. The van der Waals surface area contributed by atoms with Crippen molar-refractivity contribution < 1.29 is 4.79 Å². The van der Waals surface area contributed by atoms with E-state index in [4.69, 9.17) is 0 Å². The van der Waals surface area contributed by atoms with Crippen molar-refractivity contribution in [2.45, 2.75) is 45.9 Å². The Balaban J connectivity index is 1.34. The fraction of sp³-hybridized carbons (Fsp3) is 0.565. The lowest BCUT2D eigenvalue weighted by molar-refractivity contribution is -0.136. The third-order valence-electron chi connectivity index (χ3n) is 6.47. The van der Waals surface area contributed by atoms with Crippen molar-refractivity contribution in [2.24, 2.45) is 5.41 Å². The number of benzene rings is 1. The number of likely N-dealkylation sites (tertiary alicyclic amines) is 2. The van der Waals surface area contributed by atoms with Gasteiger partial charge in [0.1, 0.15) is 0 Å². The molecule has 0 N–H and O–H groups in total. The van der Waals surface area contributed by atoms with Crippen LogP contribution in [0, 0.1) is 5.41 Å². The molecule has 1 spiro atoms. The Morgan fingerprint density at radius 2 is 1.93 bits per heavy atom. The van der Waals surface area contributed by atoms with Gasteiger partial charge in [0.2, 0.25) is 5.91 Å². The maximum absolute atomic E-state index is 13.3. The molecule has 2 saturated heterocycles. The summed E-state index contributed by atoms with van der Waals surface area (Å²) in [5, 5.41) is 4.34. The van der Waals surface area contributed by atoms with Gasteiger partial charge in [-0.2, -0.15) is 5.10 Å². The Bertz CT molecular complexity index is 827. The molecule has 4 rings (SSSR count). The molecule has 1 aromatic heterocycles. The SMILES string of the molecule is CCN(Cc1cnn(CC)c1)C(=O)C1CC2(CN(Cc3ccccc3)C2)CN1C. The highest BCUT2D eigenvalue weighted by atomic mass is 16.2. The quantitative estimate of drug-likeness (QED) is 0.722. The van der Waals surface area contributed by atoms with Gasteiger partial charge in [-0.3, -0.25) is 19.3 Å². The fourth-order valence-electron chi connectivity index (χ4n) is 5.07. The Morgan fingerprint density at radius 3 is 2.59 bits per heavy atom. The summed E-state index contributed by atoms with van der Waals surface area (Å²) >= 11 is 0. The van der Waals surface area contributed by atoms with Crippen molar-refractivity contribution in [2.75, 3.05) is 33.2 Å². The van der Waals surface area contributed by atoms with Gasteiger partial charge >= 0.3 is 0 Å². The van der Waals surface area contributed by atoms with Gasteiger partial charge in [-0.25, -0.2) is 0 Å². The molecule has 0 saturated carbocycles. The smallest absolute Gasteiger partial charge is 0.240 e. The lowest BCUT2D eigenvalue weighted by Crippen LogP contribution is -2.56. The highest BCUT2D eigenvalue weighted by molar-refractivity contribution is 5.82. The highest BCUT2D eigenvalue weighted by Gasteiger charge is 2.52. The Morgan fingerprint density at radius 1 is 1.17 bits per heavy atom. The van der Waals surface area contributed by atoms with Crippen LogP contribution in [0.1, 0.15) is 31.4 Å². The van der Waals surface area contributed by atoms with E-state index in [2.05, 4.69) is 66.1 Å². The summed E-state index contributed by atoms with van der Waals surface area (Å²) in [6.07, 6.45) is 4.90. The molecule has 1 aromatic carbocycles. The van der Waals surface area contributed by atoms with Crippen molar-refractivity contribution in [1.82, 2.24) is 24.5 Å². The number of carbonyl (C=O) groups excluding carboxylic acids is 1. The second kappa shape index (κ2) is 8.28. The molecule has 2 aliphatic heterocycles. The second-order valence-corrected chi connectivity index (χ2v) is 8.82. The van der Waals surface area contributed by atoms with E-state index in [9.17, 15) is 4.79 Å². The summed E-state index contributed by atoms with van der Waals surface area (Å²) in [7, 11) is 2.11. The van der Waals surface area contributed by atoms with Crippen molar-refractivity contribution >= 4 is 5.91 Å². The van der Waals surface area contributed by atoms with E-state index in [0.717, 1.165) is 51.3 Å². The molecule has 2 fully saturated rings. The van der Waals surface area contributed by atoms with Crippen LogP contribution < -0.4 is 0 Å². The summed E-state index contributed by atoms with van der Waals surface area (Å²) in [5.41, 5.74) is 2.75. The molecule has 6 heteroatoms. The zero-order valence-corrected chi connectivity index (χ0v) is 17.9. The van der Waals surface area contributed by atoms with Gasteiger partial charge in [-0.1, -0.05) is 30.3 Å². The Labute approximate surface area is 174 Å². The molecule has 156 valence electrons. The molecule has 0 bridgehead atoms. The predicted octanol–water partition coefficient (Wildman–Crippen LogP) is 2.46. The number of hydrogen-bond acceptors (Lipinski definition) is 4. The molecular weight excluding hydrogens is 362 g/mol. The van der Waals surface area contributed by atoms with Crippen LogP contribution in [0.4, 0.5) is 0 Å². The van der Waals surface area contributed by atoms with Crippen molar-refractivity contribution in [1.29, 1.82) is 0 Å². The van der Waals surface area contributed by atoms with Crippen LogP contribution >= 0.6 is 0 Å². The number of aromatic nitrogens is 2. The summed E-state index contributed by atoms with van der Waals surface area (Å²) < 4.78 is 1.92. The van der Waals surface area contributed by atoms with Gasteiger partial charge in [0, 0.05) is 63.0 Å². The topological polar surface area (TPSA) is 44.6 Å². The first kappa shape index (κ1) is 20.1. The van der Waals surface area contributed by atoms with E-state index < -0.39 is 0 Å². The van der Waals surface area contributed by atoms with E-state index in [-0.39, 0.29) is 17.4 Å². The van der Waals surface area contributed by atoms with E-state index in [1.165, 1.54) is 5.56 Å². The molecule has 29 heavy (non-hydrogen) atoms. The predicted molar refractivity (Wildman–Crippen MR) is 114 cm³/mol. The van der Waals surface area contributed by atoms with Gasteiger partial charge < -0.3 is 4.90 Å². The van der Waals surface area contributed by atoms with Crippen molar-refractivity contribution in [3.8, 4) is 0 Å². The number of amides is 1. The lowest BCUT2D eigenvalue weighted by Gasteiger charge is -2.48. The molecule has 0 radical (unpaired) electrons. The molecule has 2 aromatic rings. The van der Waals surface area contributed by atoms with Crippen molar-refractivity contribution in [3.05, 3.63) is 53.9 Å². The highest BCUT2D eigenvalue weighted by Crippen LogP contribution is 2.43. The normalized spacial score (nSPS) is 21.4. The Kier molecular flexibility index (Phi) is 5.74. The largest absolute Gasteiger partial charge is 0.337 e. The monoisotopic (exact) mass is 395 g/mol. The third kappa shape index (κ3) is 4.23. The first-order chi connectivity index (χ1) is 14.0. The van der Waals surface area contributed by atoms with Crippen molar-refractivity contribution in [3.63, 3.8) is 0 Å². The van der Waals surface area contributed by atoms with Gasteiger partial charge in [0.05, 0.1) is 12.2 Å². The number of rotatable bonds is 7. The first-order valence-corrected chi connectivity index (χ1v) is 10.8. The average Bonchev–Trinajstić information content (AvgIpc) is 3.30. The maximum Gasteiger partial charge on any atom is 0.240 e. The van der Waals surface area contributed by atoms with Crippen LogP contribution in [-0.2, 0) is 24.4 Å². The number of carbonyl (C=O) groups is 1. The van der Waals surface area contributed by atoms with Gasteiger partial charge in [0.15, 0.2) is 0 Å². The molecule has 3 heterocycles. The summed E-state index contributed by atoms with van der Waals surface area (Å²) in [6, 6.07) is 10.7. The number of nitrogens with zero attached hydrogens (tertiary/aromatic N) is 5. The number of hydrogen-bond donors (Lipinski definition) is 0.